The zero-order valence-electron chi connectivity index (χ0n) is 13.5. The van der Waals surface area contributed by atoms with Crippen LogP contribution < -0.4 is 5.32 Å². The van der Waals surface area contributed by atoms with E-state index in [0.717, 1.165) is 18.4 Å². The summed E-state index contributed by atoms with van der Waals surface area (Å²) in [7, 11) is 0. The minimum Gasteiger partial charge on any atom is -0.481 e. The first-order valence-corrected chi connectivity index (χ1v) is 8.32. The number of fused-ring (bicyclic) bond motifs is 1. The van der Waals surface area contributed by atoms with Crippen LogP contribution in [0.5, 0.6) is 0 Å². The van der Waals surface area contributed by atoms with Crippen molar-refractivity contribution in [3.63, 3.8) is 0 Å². The molecule has 3 rings (SSSR count). The predicted molar refractivity (Wildman–Crippen MR) is 93.2 cm³/mol. The topological polar surface area (TPSA) is 66.4 Å². The van der Waals surface area contributed by atoms with Crippen molar-refractivity contribution in [2.24, 2.45) is 0 Å². The molecule has 4 heteroatoms. The highest BCUT2D eigenvalue weighted by Crippen LogP contribution is 2.23. The van der Waals surface area contributed by atoms with Crippen LogP contribution >= 0.6 is 0 Å². The summed E-state index contributed by atoms with van der Waals surface area (Å²) >= 11 is 0. The van der Waals surface area contributed by atoms with Crippen LogP contribution in [0.3, 0.4) is 0 Å². The Balaban J connectivity index is 1.69. The Labute approximate surface area is 141 Å². The van der Waals surface area contributed by atoms with E-state index in [1.165, 1.54) is 24.0 Å². The molecule has 0 spiro atoms. The molecule has 2 aromatic carbocycles. The van der Waals surface area contributed by atoms with Crippen molar-refractivity contribution in [1.29, 1.82) is 0 Å². The number of aryl methyl sites for hydroxylation is 2. The Morgan fingerprint density at radius 1 is 0.958 bits per heavy atom. The monoisotopic (exact) mass is 323 g/mol. The van der Waals surface area contributed by atoms with Crippen molar-refractivity contribution >= 4 is 17.6 Å². The number of benzene rings is 2. The van der Waals surface area contributed by atoms with Gasteiger partial charge in [0.05, 0.1) is 12.8 Å². The van der Waals surface area contributed by atoms with Crippen LogP contribution in [0.25, 0.3) is 0 Å². The molecule has 0 radical (unpaired) electrons. The summed E-state index contributed by atoms with van der Waals surface area (Å²) < 4.78 is 0. The number of hydrogen-bond donors (Lipinski definition) is 2. The number of aliphatic carboxylic acids is 1. The summed E-state index contributed by atoms with van der Waals surface area (Å²) in [6.45, 7) is 0. The van der Waals surface area contributed by atoms with E-state index in [-0.39, 0.29) is 12.3 Å². The molecule has 1 aliphatic carbocycles. The number of carboxylic acid groups (broad SMARTS) is 1. The van der Waals surface area contributed by atoms with Crippen LogP contribution in [0.2, 0.25) is 0 Å². The van der Waals surface area contributed by atoms with Crippen molar-refractivity contribution in [3.8, 4) is 0 Å². The fraction of sp³-hybridized carbons (Fsp3) is 0.300. The SMILES string of the molecule is O=C(O)Cc1ccccc1NC(=O)Cc1ccc2c(c1)CCCC2. The van der Waals surface area contributed by atoms with Crippen molar-refractivity contribution in [3.05, 3.63) is 64.7 Å². The van der Waals surface area contributed by atoms with Crippen molar-refractivity contribution in [1.82, 2.24) is 0 Å². The summed E-state index contributed by atoms with van der Waals surface area (Å²) in [6.07, 6.45) is 4.87. The lowest BCUT2D eigenvalue weighted by atomic mass is 9.90. The van der Waals surface area contributed by atoms with Crippen LogP contribution in [0.4, 0.5) is 5.69 Å². The Morgan fingerprint density at radius 3 is 2.50 bits per heavy atom. The number of rotatable bonds is 5. The molecule has 1 amide bonds. The van der Waals surface area contributed by atoms with Gasteiger partial charge in [-0.2, -0.15) is 0 Å². The number of carboxylic acids is 1. The molecule has 0 saturated heterocycles. The number of nitrogens with one attached hydrogen (secondary N) is 1. The number of carbonyl (C=O) groups excluding carboxylic acids is 1. The Morgan fingerprint density at radius 2 is 1.71 bits per heavy atom. The normalized spacial score (nSPS) is 13.2. The second kappa shape index (κ2) is 7.30. The molecule has 0 fully saturated rings. The standard InChI is InChI=1S/C20H21NO3/c22-19(21-18-8-4-3-7-17(18)13-20(23)24)12-14-9-10-15-5-1-2-6-16(15)11-14/h3-4,7-11H,1-2,5-6,12-13H2,(H,21,22)(H,23,24). The third-order valence-electron chi connectivity index (χ3n) is 4.41. The average Bonchev–Trinajstić information content (AvgIpc) is 2.56. The molecule has 0 unspecified atom stereocenters. The highest BCUT2D eigenvalue weighted by molar-refractivity contribution is 5.93. The molecule has 24 heavy (non-hydrogen) atoms. The maximum atomic E-state index is 12.3. The highest BCUT2D eigenvalue weighted by atomic mass is 16.4. The first-order chi connectivity index (χ1) is 11.6. The lowest BCUT2D eigenvalue weighted by Gasteiger charge is -2.16. The predicted octanol–water partition coefficient (Wildman–Crippen LogP) is 3.37. The van der Waals surface area contributed by atoms with E-state index < -0.39 is 5.97 Å². The number of para-hydroxylation sites is 1. The quantitative estimate of drug-likeness (QED) is 0.886. The summed E-state index contributed by atoms with van der Waals surface area (Å²) in [4.78, 5) is 23.3. The highest BCUT2D eigenvalue weighted by Gasteiger charge is 2.13. The molecule has 124 valence electrons. The van der Waals surface area contributed by atoms with Gasteiger partial charge in [-0.15, -0.1) is 0 Å². The number of hydrogen-bond acceptors (Lipinski definition) is 2. The Hall–Kier alpha value is -2.62. The Kier molecular flexibility index (Phi) is 4.94. The minimum absolute atomic E-state index is 0.102. The van der Waals surface area contributed by atoms with Gasteiger partial charge < -0.3 is 10.4 Å². The van der Waals surface area contributed by atoms with Gasteiger partial charge in [-0.25, -0.2) is 0 Å². The van der Waals surface area contributed by atoms with Crippen LogP contribution in [0.1, 0.15) is 35.1 Å². The first kappa shape index (κ1) is 16.2. The molecule has 0 aliphatic heterocycles. The van der Waals surface area contributed by atoms with Crippen molar-refractivity contribution in [2.45, 2.75) is 38.5 Å². The fourth-order valence-electron chi connectivity index (χ4n) is 3.24. The van der Waals surface area contributed by atoms with Crippen LogP contribution in [-0.2, 0) is 35.3 Å². The summed E-state index contributed by atoms with van der Waals surface area (Å²) in [5.74, 6) is -1.03. The lowest BCUT2D eigenvalue weighted by Crippen LogP contribution is -2.17. The molecular weight excluding hydrogens is 302 g/mol. The Bertz CT molecular complexity index is 767. The van der Waals surface area contributed by atoms with E-state index in [1.54, 1.807) is 24.3 Å². The van der Waals surface area contributed by atoms with E-state index >= 15 is 0 Å². The van der Waals surface area contributed by atoms with E-state index in [4.69, 9.17) is 5.11 Å². The number of amides is 1. The minimum atomic E-state index is -0.911. The van der Waals surface area contributed by atoms with Gasteiger partial charge in [0.1, 0.15) is 0 Å². The van der Waals surface area contributed by atoms with E-state index in [9.17, 15) is 9.59 Å². The third kappa shape index (κ3) is 4.02. The van der Waals surface area contributed by atoms with E-state index in [0.29, 0.717) is 17.7 Å². The van der Waals surface area contributed by atoms with Crippen molar-refractivity contribution < 1.29 is 14.7 Å². The molecule has 4 nitrogen and oxygen atoms in total. The zero-order valence-corrected chi connectivity index (χ0v) is 13.5. The maximum absolute atomic E-state index is 12.3. The summed E-state index contributed by atoms with van der Waals surface area (Å²) in [5, 5.41) is 11.8. The van der Waals surface area contributed by atoms with Crippen LogP contribution in [-0.4, -0.2) is 17.0 Å². The molecule has 2 aromatic rings. The number of anilines is 1. The van der Waals surface area contributed by atoms with Gasteiger partial charge in [0.15, 0.2) is 0 Å². The lowest BCUT2D eigenvalue weighted by molar-refractivity contribution is -0.136. The molecule has 0 heterocycles. The van der Waals surface area contributed by atoms with Gasteiger partial charge >= 0.3 is 5.97 Å². The summed E-state index contributed by atoms with van der Waals surface area (Å²) in [6, 6.07) is 13.3. The van der Waals surface area contributed by atoms with Crippen LogP contribution in [0.15, 0.2) is 42.5 Å². The third-order valence-corrected chi connectivity index (χ3v) is 4.41. The average molecular weight is 323 g/mol. The van der Waals surface area contributed by atoms with Gasteiger partial charge in [-0.05, 0) is 54.0 Å². The number of carbonyl (C=O) groups is 2. The van der Waals surface area contributed by atoms with Gasteiger partial charge in [-0.1, -0.05) is 36.4 Å². The first-order valence-electron chi connectivity index (χ1n) is 8.32. The molecule has 0 saturated carbocycles. The zero-order chi connectivity index (χ0) is 16.9. The van der Waals surface area contributed by atoms with E-state index in [1.807, 2.05) is 6.07 Å². The smallest absolute Gasteiger partial charge is 0.307 e. The summed E-state index contributed by atoms with van der Waals surface area (Å²) in [5.41, 5.74) is 4.95. The molecule has 2 N–H and O–H groups in total. The van der Waals surface area contributed by atoms with Gasteiger partial charge in [0.2, 0.25) is 5.91 Å². The second-order valence-corrected chi connectivity index (χ2v) is 6.26. The molecule has 0 aromatic heterocycles. The van der Waals surface area contributed by atoms with Gasteiger partial charge in [0, 0.05) is 5.69 Å². The molecular formula is C20H21NO3. The second-order valence-electron chi connectivity index (χ2n) is 6.26. The van der Waals surface area contributed by atoms with Crippen molar-refractivity contribution in [2.75, 3.05) is 5.32 Å². The molecule has 0 atom stereocenters. The largest absolute Gasteiger partial charge is 0.481 e. The molecule has 1 aliphatic rings. The van der Waals surface area contributed by atoms with Crippen LogP contribution in [0, 0.1) is 0 Å². The fourth-order valence-corrected chi connectivity index (χ4v) is 3.24. The van der Waals surface area contributed by atoms with Gasteiger partial charge in [-0.3, -0.25) is 9.59 Å². The van der Waals surface area contributed by atoms with Gasteiger partial charge in [0.25, 0.3) is 0 Å². The maximum Gasteiger partial charge on any atom is 0.307 e. The van der Waals surface area contributed by atoms with E-state index in [2.05, 4.69) is 17.4 Å². The molecule has 0 bridgehead atoms.